The minimum absolute atomic E-state index is 0.0289. The second-order valence-electron chi connectivity index (χ2n) is 5.88. The number of aryl methyl sites for hydroxylation is 1. The Bertz CT molecular complexity index is 886. The van der Waals surface area contributed by atoms with Crippen molar-refractivity contribution in [3.05, 3.63) is 56.6 Å². The highest BCUT2D eigenvalue weighted by atomic mass is 19.1. The largest absolute Gasteiger partial charge is 0.461 e. The standard InChI is InChI=1S/C17H20FN3O4/c1-4-25-16(23)14-15(22)21(13-7-5-6-12(18)10-13)17(24)20(19-14)9-8-11(2)3/h5-7,10-11H,4,8-9H2,1-3H3. The summed E-state index contributed by atoms with van der Waals surface area (Å²) >= 11 is 0. The molecular weight excluding hydrogens is 329 g/mol. The maximum atomic E-state index is 13.5. The van der Waals surface area contributed by atoms with Crippen molar-refractivity contribution < 1.29 is 13.9 Å². The second kappa shape index (κ2) is 7.87. The first-order valence-electron chi connectivity index (χ1n) is 8.02. The number of hydrogen-bond donors (Lipinski definition) is 0. The minimum atomic E-state index is -0.935. The predicted octanol–water partition coefficient (Wildman–Crippen LogP) is 1.76. The Balaban J connectivity index is 2.69. The Morgan fingerprint density at radius 2 is 2.04 bits per heavy atom. The Labute approximate surface area is 143 Å². The third-order valence-corrected chi connectivity index (χ3v) is 3.49. The molecule has 0 amide bonds. The number of nitrogens with zero attached hydrogens (tertiary/aromatic N) is 3. The molecule has 8 heteroatoms. The molecule has 2 rings (SSSR count). The molecule has 1 aromatic heterocycles. The minimum Gasteiger partial charge on any atom is -0.461 e. The summed E-state index contributed by atoms with van der Waals surface area (Å²) in [5.41, 5.74) is -2.14. The molecule has 0 aliphatic heterocycles. The van der Waals surface area contributed by atoms with Crippen LogP contribution in [0.15, 0.2) is 33.9 Å². The van der Waals surface area contributed by atoms with Gasteiger partial charge in [-0.15, -0.1) is 0 Å². The molecule has 134 valence electrons. The quantitative estimate of drug-likeness (QED) is 0.742. The summed E-state index contributed by atoms with van der Waals surface area (Å²) in [4.78, 5) is 37.2. The van der Waals surface area contributed by atoms with E-state index in [0.29, 0.717) is 6.42 Å². The van der Waals surface area contributed by atoms with Crippen molar-refractivity contribution in [3.8, 4) is 5.69 Å². The lowest BCUT2D eigenvalue weighted by molar-refractivity contribution is 0.0512. The molecule has 0 unspecified atom stereocenters. The Hall–Kier alpha value is -2.77. The summed E-state index contributed by atoms with van der Waals surface area (Å²) in [6.45, 7) is 5.82. The van der Waals surface area contributed by atoms with Crippen LogP contribution in [0, 0.1) is 11.7 Å². The van der Waals surface area contributed by atoms with E-state index in [1.807, 2.05) is 13.8 Å². The first-order valence-corrected chi connectivity index (χ1v) is 8.02. The maximum absolute atomic E-state index is 13.5. The summed E-state index contributed by atoms with van der Waals surface area (Å²) in [7, 11) is 0. The van der Waals surface area contributed by atoms with Crippen LogP contribution in [0.4, 0.5) is 4.39 Å². The lowest BCUT2D eigenvalue weighted by Gasteiger charge is -2.12. The SMILES string of the molecule is CCOC(=O)c1nn(CCC(C)C)c(=O)n(-c2cccc(F)c2)c1=O. The molecule has 0 saturated carbocycles. The first kappa shape index (κ1) is 18.6. The lowest BCUT2D eigenvalue weighted by atomic mass is 10.1. The van der Waals surface area contributed by atoms with E-state index in [9.17, 15) is 18.8 Å². The summed E-state index contributed by atoms with van der Waals surface area (Å²) < 4.78 is 20.1. The van der Waals surface area contributed by atoms with Crippen molar-refractivity contribution in [2.24, 2.45) is 5.92 Å². The summed E-state index contributed by atoms with van der Waals surface area (Å²) in [5.74, 6) is -1.24. The van der Waals surface area contributed by atoms with Gasteiger partial charge < -0.3 is 4.74 Å². The molecule has 0 bridgehead atoms. The zero-order valence-electron chi connectivity index (χ0n) is 14.4. The van der Waals surface area contributed by atoms with Gasteiger partial charge in [-0.2, -0.15) is 5.10 Å². The van der Waals surface area contributed by atoms with Crippen LogP contribution in [0.3, 0.4) is 0 Å². The molecule has 2 aromatic rings. The highest BCUT2D eigenvalue weighted by molar-refractivity contribution is 5.86. The number of aromatic nitrogens is 3. The molecular formula is C17H20FN3O4. The third kappa shape index (κ3) is 4.20. The molecule has 0 aliphatic carbocycles. The van der Waals surface area contributed by atoms with Gasteiger partial charge >= 0.3 is 11.7 Å². The van der Waals surface area contributed by atoms with E-state index >= 15 is 0 Å². The second-order valence-corrected chi connectivity index (χ2v) is 5.88. The van der Waals surface area contributed by atoms with Crippen molar-refractivity contribution >= 4 is 5.97 Å². The van der Waals surface area contributed by atoms with Gasteiger partial charge in [0.05, 0.1) is 12.3 Å². The average Bonchev–Trinajstić information content (AvgIpc) is 2.54. The first-order chi connectivity index (χ1) is 11.8. The number of esters is 1. The van der Waals surface area contributed by atoms with E-state index in [1.54, 1.807) is 6.92 Å². The zero-order valence-corrected chi connectivity index (χ0v) is 14.4. The van der Waals surface area contributed by atoms with Gasteiger partial charge in [0.15, 0.2) is 0 Å². The van der Waals surface area contributed by atoms with Gasteiger partial charge in [0.25, 0.3) is 5.56 Å². The molecule has 7 nitrogen and oxygen atoms in total. The predicted molar refractivity (Wildman–Crippen MR) is 89.5 cm³/mol. The molecule has 0 fully saturated rings. The fourth-order valence-corrected chi connectivity index (χ4v) is 2.21. The third-order valence-electron chi connectivity index (χ3n) is 3.49. The summed E-state index contributed by atoms with van der Waals surface area (Å²) in [6.07, 6.45) is 0.622. The van der Waals surface area contributed by atoms with Crippen LogP contribution in [0.1, 0.15) is 37.7 Å². The van der Waals surface area contributed by atoms with Crippen LogP contribution in [0.25, 0.3) is 5.69 Å². The van der Waals surface area contributed by atoms with Gasteiger partial charge in [-0.05, 0) is 37.5 Å². The summed E-state index contributed by atoms with van der Waals surface area (Å²) in [6, 6.07) is 5.02. The molecule has 0 atom stereocenters. The summed E-state index contributed by atoms with van der Waals surface area (Å²) in [5, 5.41) is 3.87. The molecule has 0 spiro atoms. The van der Waals surface area contributed by atoms with Crippen LogP contribution < -0.4 is 11.2 Å². The van der Waals surface area contributed by atoms with Crippen molar-refractivity contribution in [1.29, 1.82) is 0 Å². The highest BCUT2D eigenvalue weighted by Crippen LogP contribution is 2.06. The van der Waals surface area contributed by atoms with Crippen LogP contribution in [-0.2, 0) is 11.3 Å². The van der Waals surface area contributed by atoms with Gasteiger partial charge in [-0.1, -0.05) is 19.9 Å². The van der Waals surface area contributed by atoms with E-state index in [2.05, 4.69) is 5.10 Å². The fourth-order valence-electron chi connectivity index (χ4n) is 2.21. The Kier molecular flexibility index (Phi) is 5.84. The van der Waals surface area contributed by atoms with Gasteiger partial charge in [0.2, 0.25) is 5.69 Å². The Morgan fingerprint density at radius 1 is 1.32 bits per heavy atom. The number of ether oxygens (including phenoxy) is 1. The number of carbonyl (C=O) groups excluding carboxylic acids is 1. The highest BCUT2D eigenvalue weighted by Gasteiger charge is 2.21. The van der Waals surface area contributed by atoms with Crippen molar-refractivity contribution in [2.75, 3.05) is 6.61 Å². The molecule has 1 heterocycles. The van der Waals surface area contributed by atoms with E-state index in [1.165, 1.54) is 18.2 Å². The normalized spacial score (nSPS) is 10.9. The van der Waals surface area contributed by atoms with E-state index in [0.717, 1.165) is 15.3 Å². The van der Waals surface area contributed by atoms with Crippen LogP contribution >= 0.6 is 0 Å². The molecule has 0 saturated heterocycles. The van der Waals surface area contributed by atoms with Crippen molar-refractivity contribution in [1.82, 2.24) is 14.3 Å². The van der Waals surface area contributed by atoms with Gasteiger partial charge in [-0.3, -0.25) is 4.79 Å². The number of rotatable bonds is 6. The van der Waals surface area contributed by atoms with Crippen molar-refractivity contribution in [3.63, 3.8) is 0 Å². The van der Waals surface area contributed by atoms with E-state index in [4.69, 9.17) is 4.74 Å². The topological polar surface area (TPSA) is 83.2 Å². The number of halogens is 1. The smallest absolute Gasteiger partial charge is 0.364 e. The van der Waals surface area contributed by atoms with Crippen molar-refractivity contribution in [2.45, 2.75) is 33.7 Å². The van der Waals surface area contributed by atoms with Gasteiger partial charge in [-0.25, -0.2) is 23.2 Å². The molecule has 0 radical (unpaired) electrons. The molecule has 0 N–H and O–H groups in total. The van der Waals surface area contributed by atoms with E-state index < -0.39 is 28.7 Å². The molecule has 0 aliphatic rings. The molecule has 1 aromatic carbocycles. The average molecular weight is 349 g/mol. The fraction of sp³-hybridized carbons (Fsp3) is 0.412. The molecule has 25 heavy (non-hydrogen) atoms. The van der Waals surface area contributed by atoms with Crippen LogP contribution in [0.2, 0.25) is 0 Å². The monoisotopic (exact) mass is 349 g/mol. The Morgan fingerprint density at radius 3 is 2.64 bits per heavy atom. The number of carbonyl (C=O) groups is 1. The van der Waals surface area contributed by atoms with E-state index in [-0.39, 0.29) is 24.8 Å². The number of hydrogen-bond acceptors (Lipinski definition) is 5. The van der Waals surface area contributed by atoms with Crippen LogP contribution in [-0.4, -0.2) is 26.9 Å². The van der Waals surface area contributed by atoms with Crippen LogP contribution in [0.5, 0.6) is 0 Å². The van der Waals surface area contributed by atoms with Gasteiger partial charge in [0.1, 0.15) is 5.82 Å². The van der Waals surface area contributed by atoms with Gasteiger partial charge in [0, 0.05) is 6.54 Å². The number of benzene rings is 1. The lowest BCUT2D eigenvalue weighted by Crippen LogP contribution is -2.44. The maximum Gasteiger partial charge on any atom is 0.364 e. The zero-order chi connectivity index (χ0) is 18.6.